The molecule has 2 atom stereocenters. The Morgan fingerprint density at radius 3 is 2.39 bits per heavy atom. The maximum atomic E-state index is 13.3. The molecule has 0 aliphatic carbocycles. The number of nitro groups is 1. The second-order valence-electron chi connectivity index (χ2n) is 7.86. The first-order valence-corrected chi connectivity index (χ1v) is 12.4. The van der Waals surface area contributed by atoms with Crippen molar-refractivity contribution in [3.8, 4) is 5.75 Å². The van der Waals surface area contributed by atoms with Crippen LogP contribution in [0.15, 0.2) is 69.7 Å². The number of carbonyl (C=O) groups is 2. The summed E-state index contributed by atoms with van der Waals surface area (Å²) in [5, 5.41) is 11.5. The minimum absolute atomic E-state index is 0.121. The highest BCUT2D eigenvalue weighted by Crippen LogP contribution is 2.42. The van der Waals surface area contributed by atoms with Crippen LogP contribution < -0.4 is 4.74 Å². The van der Waals surface area contributed by atoms with Crippen LogP contribution in [0.25, 0.3) is 0 Å². The Morgan fingerprint density at radius 1 is 1.08 bits per heavy atom. The zero-order valence-corrected chi connectivity index (χ0v) is 21.4. The number of ether oxygens (including phenoxy) is 3. The molecule has 36 heavy (non-hydrogen) atoms. The van der Waals surface area contributed by atoms with E-state index in [2.05, 4.69) is 4.99 Å². The molecule has 2 aromatic carbocycles. The summed E-state index contributed by atoms with van der Waals surface area (Å²) in [5.41, 5.74) is 1.40. The van der Waals surface area contributed by atoms with E-state index < -0.39 is 28.7 Å². The summed E-state index contributed by atoms with van der Waals surface area (Å²) in [6, 6.07) is 13.4. The van der Waals surface area contributed by atoms with Crippen molar-refractivity contribution in [1.82, 2.24) is 0 Å². The summed E-state index contributed by atoms with van der Waals surface area (Å²) in [7, 11) is 1.59. The fourth-order valence-electron chi connectivity index (χ4n) is 4.05. The molecule has 3 rings (SSSR count). The first kappa shape index (κ1) is 26.9. The lowest BCUT2D eigenvalue weighted by Crippen LogP contribution is -2.37. The number of carbonyl (C=O) groups excluding carboxylic acids is 2. The highest BCUT2D eigenvalue weighted by Gasteiger charge is 2.43. The van der Waals surface area contributed by atoms with E-state index in [1.807, 2.05) is 24.3 Å². The lowest BCUT2D eigenvalue weighted by Gasteiger charge is -2.32. The smallest absolute Gasteiger partial charge is 0.336 e. The number of non-ortho nitro benzene ring substituents is 1. The standard InChI is InChI=1S/C26H28N2O7S/c1-5-34-25(29)22-16(3)27-21(15-36-20-12-10-19(33-4)11-13-20)24(26(30)35-6-2)23(22)17-8-7-9-18(14-17)28(31)32/h7-14,22-23H,5-6,15H2,1-4H3. The Labute approximate surface area is 213 Å². The number of aliphatic imine (C=N–C) groups is 1. The van der Waals surface area contributed by atoms with Crippen molar-refractivity contribution >= 4 is 35.1 Å². The summed E-state index contributed by atoms with van der Waals surface area (Å²) in [5.74, 6) is -1.92. The van der Waals surface area contributed by atoms with Gasteiger partial charge in [-0.2, -0.15) is 0 Å². The molecule has 0 spiro atoms. The van der Waals surface area contributed by atoms with E-state index >= 15 is 0 Å². The van der Waals surface area contributed by atoms with Crippen LogP contribution in [0.1, 0.15) is 32.3 Å². The van der Waals surface area contributed by atoms with Crippen LogP contribution >= 0.6 is 11.8 Å². The molecule has 190 valence electrons. The van der Waals surface area contributed by atoms with Gasteiger partial charge in [-0.1, -0.05) is 12.1 Å². The third-order valence-corrected chi connectivity index (χ3v) is 6.65. The summed E-state index contributed by atoms with van der Waals surface area (Å²) >= 11 is 1.46. The van der Waals surface area contributed by atoms with Gasteiger partial charge in [-0.05, 0) is 50.6 Å². The number of hydrogen-bond donors (Lipinski definition) is 0. The Balaban J connectivity index is 2.13. The largest absolute Gasteiger partial charge is 0.497 e. The van der Waals surface area contributed by atoms with E-state index in [4.69, 9.17) is 14.2 Å². The molecule has 0 aromatic heterocycles. The number of methoxy groups -OCH3 is 1. The van der Waals surface area contributed by atoms with Crippen molar-refractivity contribution in [3.05, 3.63) is 75.5 Å². The number of rotatable bonds is 10. The fourth-order valence-corrected chi connectivity index (χ4v) is 4.90. The SMILES string of the molecule is CCOC(=O)C1=C(CSc2ccc(OC)cc2)N=C(C)C(C(=O)OCC)C1c1cccc([N+](=O)[O-])c1. The maximum absolute atomic E-state index is 13.3. The average Bonchev–Trinajstić information content (AvgIpc) is 2.87. The molecule has 0 radical (unpaired) electrons. The first-order chi connectivity index (χ1) is 17.3. The molecule has 0 amide bonds. The van der Waals surface area contributed by atoms with E-state index in [1.54, 1.807) is 33.9 Å². The molecule has 0 saturated heterocycles. The van der Waals surface area contributed by atoms with Crippen molar-refractivity contribution in [3.63, 3.8) is 0 Å². The van der Waals surface area contributed by atoms with Crippen molar-refractivity contribution < 1.29 is 28.7 Å². The van der Waals surface area contributed by atoms with Crippen LogP contribution in [0.4, 0.5) is 5.69 Å². The highest BCUT2D eigenvalue weighted by atomic mass is 32.2. The second-order valence-corrected chi connectivity index (χ2v) is 8.91. The van der Waals surface area contributed by atoms with Crippen molar-refractivity contribution in [1.29, 1.82) is 0 Å². The van der Waals surface area contributed by atoms with Gasteiger partial charge in [0, 0.05) is 34.4 Å². The predicted octanol–water partition coefficient (Wildman–Crippen LogP) is 4.95. The van der Waals surface area contributed by atoms with E-state index in [-0.39, 0.29) is 24.5 Å². The molecule has 1 heterocycles. The molecule has 0 bridgehead atoms. The van der Waals surface area contributed by atoms with Crippen LogP contribution in [-0.2, 0) is 19.1 Å². The normalized spacial score (nSPS) is 17.3. The molecular formula is C26H28N2O7S. The number of benzene rings is 2. The molecule has 0 saturated carbocycles. The summed E-state index contributed by atoms with van der Waals surface area (Å²) in [6.07, 6.45) is 0. The van der Waals surface area contributed by atoms with Crippen molar-refractivity contribution in [2.45, 2.75) is 31.6 Å². The fraction of sp³-hybridized carbons (Fsp3) is 0.346. The number of esters is 2. The molecule has 2 aromatic rings. The molecule has 0 N–H and O–H groups in total. The van der Waals surface area contributed by atoms with Gasteiger partial charge in [0.25, 0.3) is 5.69 Å². The first-order valence-electron chi connectivity index (χ1n) is 11.4. The van der Waals surface area contributed by atoms with E-state index in [0.29, 0.717) is 22.7 Å². The summed E-state index contributed by atoms with van der Waals surface area (Å²) in [4.78, 5) is 42.9. The van der Waals surface area contributed by atoms with E-state index in [9.17, 15) is 19.7 Å². The van der Waals surface area contributed by atoms with Gasteiger partial charge >= 0.3 is 11.9 Å². The van der Waals surface area contributed by atoms with Gasteiger partial charge in [0.1, 0.15) is 11.7 Å². The van der Waals surface area contributed by atoms with Gasteiger partial charge in [0.05, 0.1) is 36.5 Å². The zero-order chi connectivity index (χ0) is 26.2. The van der Waals surface area contributed by atoms with Crippen LogP contribution in [0, 0.1) is 16.0 Å². The van der Waals surface area contributed by atoms with Gasteiger partial charge in [0.2, 0.25) is 0 Å². The molecule has 10 heteroatoms. The summed E-state index contributed by atoms with van der Waals surface area (Å²) in [6.45, 7) is 5.34. The molecule has 2 unspecified atom stereocenters. The van der Waals surface area contributed by atoms with Crippen LogP contribution in [-0.4, -0.2) is 48.7 Å². The lowest BCUT2D eigenvalue weighted by molar-refractivity contribution is -0.384. The Kier molecular flexibility index (Phi) is 9.24. The van der Waals surface area contributed by atoms with E-state index in [0.717, 1.165) is 10.6 Å². The van der Waals surface area contributed by atoms with Gasteiger partial charge in [-0.3, -0.25) is 19.9 Å². The molecule has 1 aliphatic rings. The highest BCUT2D eigenvalue weighted by molar-refractivity contribution is 7.99. The number of nitrogens with zero attached hydrogens (tertiary/aromatic N) is 2. The number of hydrogen-bond acceptors (Lipinski definition) is 9. The molecule has 9 nitrogen and oxygen atoms in total. The third-order valence-electron chi connectivity index (χ3n) is 5.63. The molecule has 1 aliphatic heterocycles. The van der Waals surface area contributed by atoms with Crippen molar-refractivity contribution in [2.24, 2.45) is 10.9 Å². The minimum atomic E-state index is -0.930. The van der Waals surface area contributed by atoms with Gasteiger partial charge in [-0.25, -0.2) is 4.79 Å². The third kappa shape index (κ3) is 6.12. The number of thioether (sulfide) groups is 1. The monoisotopic (exact) mass is 512 g/mol. The van der Waals surface area contributed by atoms with Crippen LogP contribution in [0.5, 0.6) is 5.75 Å². The zero-order valence-electron chi connectivity index (χ0n) is 20.6. The number of nitro benzene ring substituents is 1. The van der Waals surface area contributed by atoms with E-state index in [1.165, 1.54) is 30.0 Å². The molecular weight excluding hydrogens is 484 g/mol. The lowest BCUT2D eigenvalue weighted by atomic mass is 9.75. The average molecular weight is 513 g/mol. The Bertz CT molecular complexity index is 1190. The van der Waals surface area contributed by atoms with Gasteiger partial charge < -0.3 is 14.2 Å². The quantitative estimate of drug-likeness (QED) is 0.190. The molecule has 0 fully saturated rings. The van der Waals surface area contributed by atoms with Gasteiger partial charge in [-0.15, -0.1) is 11.8 Å². The Morgan fingerprint density at radius 2 is 1.78 bits per heavy atom. The summed E-state index contributed by atoms with van der Waals surface area (Å²) < 4.78 is 15.9. The second kappa shape index (κ2) is 12.3. The van der Waals surface area contributed by atoms with Crippen molar-refractivity contribution in [2.75, 3.05) is 26.1 Å². The Hall–Kier alpha value is -3.66. The predicted molar refractivity (Wildman–Crippen MR) is 136 cm³/mol. The maximum Gasteiger partial charge on any atom is 0.336 e. The topological polar surface area (TPSA) is 117 Å². The van der Waals surface area contributed by atoms with Crippen LogP contribution in [0.3, 0.4) is 0 Å². The van der Waals surface area contributed by atoms with Gasteiger partial charge in [0.15, 0.2) is 0 Å². The van der Waals surface area contributed by atoms with Crippen LogP contribution in [0.2, 0.25) is 0 Å². The minimum Gasteiger partial charge on any atom is -0.497 e.